The molecule has 0 aliphatic carbocycles. The Kier molecular flexibility index (Phi) is 4.52. The van der Waals surface area contributed by atoms with Gasteiger partial charge >= 0.3 is 5.97 Å². The van der Waals surface area contributed by atoms with Gasteiger partial charge in [-0.15, -0.1) is 0 Å². The summed E-state index contributed by atoms with van der Waals surface area (Å²) in [5, 5.41) is 6.23. The summed E-state index contributed by atoms with van der Waals surface area (Å²) in [4.78, 5) is 22.3. The normalized spacial score (nSPS) is 18.8. The van der Waals surface area contributed by atoms with Gasteiger partial charge in [0.05, 0.1) is 12.7 Å². The average molecular weight is 262 g/mol. The minimum absolute atomic E-state index is 0.125. The molecule has 19 heavy (non-hydrogen) atoms. The Morgan fingerprint density at radius 3 is 2.74 bits per heavy atom. The molecule has 5 nitrogen and oxygen atoms in total. The van der Waals surface area contributed by atoms with Crippen LogP contribution in [0.25, 0.3) is 0 Å². The van der Waals surface area contributed by atoms with E-state index in [-0.39, 0.29) is 11.9 Å². The van der Waals surface area contributed by atoms with Crippen LogP contribution in [-0.2, 0) is 16.1 Å². The minimum atomic E-state index is -0.325. The van der Waals surface area contributed by atoms with Crippen molar-refractivity contribution < 1.29 is 14.3 Å². The van der Waals surface area contributed by atoms with Crippen LogP contribution in [0.4, 0.5) is 0 Å². The molecule has 1 aromatic carbocycles. The van der Waals surface area contributed by atoms with Crippen molar-refractivity contribution in [3.8, 4) is 0 Å². The van der Waals surface area contributed by atoms with Crippen molar-refractivity contribution in [1.82, 2.24) is 10.6 Å². The van der Waals surface area contributed by atoms with Crippen LogP contribution in [-0.4, -0.2) is 31.6 Å². The first-order valence-corrected chi connectivity index (χ1v) is 6.36. The molecule has 1 unspecified atom stereocenters. The van der Waals surface area contributed by atoms with E-state index in [9.17, 15) is 9.59 Å². The number of rotatable bonds is 4. The second kappa shape index (κ2) is 6.33. The molecule has 1 saturated heterocycles. The monoisotopic (exact) mass is 262 g/mol. The van der Waals surface area contributed by atoms with Gasteiger partial charge in [-0.2, -0.15) is 0 Å². The summed E-state index contributed by atoms with van der Waals surface area (Å²) < 4.78 is 4.65. The van der Waals surface area contributed by atoms with Gasteiger partial charge in [-0.25, -0.2) is 4.79 Å². The van der Waals surface area contributed by atoms with Crippen LogP contribution in [0, 0.1) is 0 Å². The number of methoxy groups -OCH3 is 1. The Hall–Kier alpha value is -1.88. The summed E-state index contributed by atoms with van der Waals surface area (Å²) in [6, 6.07) is 7.64. The molecule has 5 heteroatoms. The van der Waals surface area contributed by atoms with E-state index in [0.717, 1.165) is 18.5 Å². The SMILES string of the molecule is COC(=O)c1ccc(CNC2CCC(=O)NC2)cc1. The Bertz CT molecular complexity index is 446. The van der Waals surface area contributed by atoms with Crippen molar-refractivity contribution in [2.24, 2.45) is 0 Å². The van der Waals surface area contributed by atoms with Crippen molar-refractivity contribution >= 4 is 11.9 Å². The number of benzene rings is 1. The highest BCUT2D eigenvalue weighted by atomic mass is 16.5. The highest BCUT2D eigenvalue weighted by Crippen LogP contribution is 2.08. The maximum atomic E-state index is 11.3. The topological polar surface area (TPSA) is 67.4 Å². The number of amides is 1. The van der Waals surface area contributed by atoms with Crippen LogP contribution in [0.5, 0.6) is 0 Å². The molecule has 0 spiro atoms. The van der Waals surface area contributed by atoms with Crippen molar-refractivity contribution in [2.75, 3.05) is 13.7 Å². The number of carbonyl (C=O) groups is 2. The first-order chi connectivity index (χ1) is 9.19. The molecule has 2 rings (SSSR count). The Morgan fingerprint density at radius 2 is 2.16 bits per heavy atom. The number of hydrogen-bond acceptors (Lipinski definition) is 4. The molecule has 102 valence electrons. The van der Waals surface area contributed by atoms with Crippen LogP contribution in [0.3, 0.4) is 0 Å². The summed E-state index contributed by atoms with van der Waals surface area (Å²) in [6.07, 6.45) is 1.45. The van der Waals surface area contributed by atoms with E-state index >= 15 is 0 Å². The molecule has 1 aromatic rings. The molecule has 0 aromatic heterocycles. The predicted octanol–water partition coefficient (Wildman–Crippen LogP) is 0.841. The van der Waals surface area contributed by atoms with Crippen molar-refractivity contribution in [3.63, 3.8) is 0 Å². The largest absolute Gasteiger partial charge is 0.465 e. The van der Waals surface area contributed by atoms with Crippen LogP contribution in [0.15, 0.2) is 24.3 Å². The zero-order valence-electron chi connectivity index (χ0n) is 10.9. The number of hydrogen-bond donors (Lipinski definition) is 2. The van der Waals surface area contributed by atoms with Gasteiger partial charge in [0.1, 0.15) is 0 Å². The van der Waals surface area contributed by atoms with E-state index in [1.165, 1.54) is 7.11 Å². The molecule has 1 heterocycles. The smallest absolute Gasteiger partial charge is 0.337 e. The Labute approximate surface area is 112 Å². The lowest BCUT2D eigenvalue weighted by Gasteiger charge is -2.23. The number of nitrogens with one attached hydrogen (secondary N) is 2. The molecule has 0 radical (unpaired) electrons. The van der Waals surface area contributed by atoms with Gasteiger partial charge < -0.3 is 15.4 Å². The summed E-state index contributed by atoms with van der Waals surface area (Å²) in [6.45, 7) is 1.40. The molecule has 1 amide bonds. The highest BCUT2D eigenvalue weighted by Gasteiger charge is 2.16. The number of ether oxygens (including phenoxy) is 1. The lowest BCUT2D eigenvalue weighted by Crippen LogP contribution is -2.45. The van der Waals surface area contributed by atoms with Gasteiger partial charge in [-0.1, -0.05) is 12.1 Å². The van der Waals surface area contributed by atoms with Crippen molar-refractivity contribution in [3.05, 3.63) is 35.4 Å². The lowest BCUT2D eigenvalue weighted by atomic mass is 10.1. The van der Waals surface area contributed by atoms with E-state index in [1.54, 1.807) is 12.1 Å². The maximum Gasteiger partial charge on any atom is 0.337 e. The van der Waals surface area contributed by atoms with Crippen molar-refractivity contribution in [1.29, 1.82) is 0 Å². The highest BCUT2D eigenvalue weighted by molar-refractivity contribution is 5.89. The number of piperidine rings is 1. The fourth-order valence-electron chi connectivity index (χ4n) is 2.05. The molecule has 1 fully saturated rings. The van der Waals surface area contributed by atoms with Gasteiger partial charge in [0.15, 0.2) is 0 Å². The Balaban J connectivity index is 1.83. The van der Waals surface area contributed by atoms with Gasteiger partial charge in [0.25, 0.3) is 0 Å². The summed E-state index contributed by atoms with van der Waals surface area (Å²) >= 11 is 0. The van der Waals surface area contributed by atoms with E-state index in [0.29, 0.717) is 24.6 Å². The van der Waals surface area contributed by atoms with E-state index in [4.69, 9.17) is 0 Å². The molecule has 0 bridgehead atoms. The van der Waals surface area contributed by atoms with E-state index in [1.807, 2.05) is 12.1 Å². The fraction of sp³-hybridized carbons (Fsp3) is 0.429. The molecule has 1 aliphatic heterocycles. The Morgan fingerprint density at radius 1 is 1.42 bits per heavy atom. The van der Waals surface area contributed by atoms with E-state index in [2.05, 4.69) is 15.4 Å². The summed E-state index contributed by atoms with van der Waals surface area (Å²) in [5.74, 6) is -0.199. The predicted molar refractivity (Wildman–Crippen MR) is 70.7 cm³/mol. The summed E-state index contributed by atoms with van der Waals surface area (Å²) in [7, 11) is 1.37. The fourth-order valence-corrected chi connectivity index (χ4v) is 2.05. The minimum Gasteiger partial charge on any atom is -0.465 e. The molecule has 0 saturated carbocycles. The molecular weight excluding hydrogens is 244 g/mol. The molecular formula is C14H18N2O3. The van der Waals surface area contributed by atoms with E-state index < -0.39 is 0 Å². The maximum absolute atomic E-state index is 11.3. The molecule has 2 N–H and O–H groups in total. The molecule has 1 aliphatic rings. The quantitative estimate of drug-likeness (QED) is 0.789. The van der Waals surface area contributed by atoms with Crippen LogP contribution in [0.1, 0.15) is 28.8 Å². The van der Waals surface area contributed by atoms with Gasteiger partial charge in [0.2, 0.25) is 5.91 Å². The average Bonchev–Trinajstić information content (AvgIpc) is 2.46. The van der Waals surface area contributed by atoms with Crippen LogP contribution < -0.4 is 10.6 Å². The zero-order chi connectivity index (χ0) is 13.7. The van der Waals surface area contributed by atoms with Crippen LogP contribution in [0.2, 0.25) is 0 Å². The first kappa shape index (κ1) is 13.5. The standard InChI is InChI=1S/C14H18N2O3/c1-19-14(18)11-4-2-10(3-5-11)8-15-12-6-7-13(17)16-9-12/h2-5,12,15H,6-9H2,1H3,(H,16,17). The molecule has 1 atom stereocenters. The summed E-state index contributed by atoms with van der Waals surface area (Å²) in [5.41, 5.74) is 1.65. The number of carbonyl (C=O) groups excluding carboxylic acids is 2. The third kappa shape index (κ3) is 3.79. The van der Waals surface area contributed by atoms with Gasteiger partial charge in [0, 0.05) is 25.6 Å². The number of esters is 1. The second-order valence-corrected chi connectivity index (χ2v) is 4.61. The van der Waals surface area contributed by atoms with Crippen LogP contribution >= 0.6 is 0 Å². The van der Waals surface area contributed by atoms with Crippen molar-refractivity contribution in [2.45, 2.75) is 25.4 Å². The first-order valence-electron chi connectivity index (χ1n) is 6.36. The zero-order valence-corrected chi connectivity index (χ0v) is 10.9. The van der Waals surface area contributed by atoms with Gasteiger partial charge in [-0.3, -0.25) is 4.79 Å². The third-order valence-electron chi connectivity index (χ3n) is 3.24. The lowest BCUT2D eigenvalue weighted by molar-refractivity contribution is -0.122. The third-order valence-corrected chi connectivity index (χ3v) is 3.24. The second-order valence-electron chi connectivity index (χ2n) is 4.61. The van der Waals surface area contributed by atoms with Gasteiger partial charge in [-0.05, 0) is 24.1 Å².